The van der Waals surface area contributed by atoms with Crippen LogP contribution in [0.5, 0.6) is 0 Å². The number of ether oxygens (including phenoxy) is 1. The number of piperazine rings is 1. The number of anilines is 1. The van der Waals surface area contributed by atoms with E-state index in [0.29, 0.717) is 17.7 Å². The largest absolute Gasteiger partial charge is 0.450 e. The number of carbonyl (C=O) groups excluding carboxylic acids is 4. The Morgan fingerprint density at radius 3 is 2.63 bits per heavy atom. The Morgan fingerprint density at radius 1 is 1.16 bits per heavy atom. The van der Waals surface area contributed by atoms with Crippen molar-refractivity contribution in [1.29, 1.82) is 0 Å². The summed E-state index contributed by atoms with van der Waals surface area (Å²) in [6, 6.07) is 12.1. The number of imide groups is 2. The standard InChI is InChI=1S/C26H27N5O7/c1-2-38-25(35)28-12-13-29-20-9-8-19(31(36)37)14-18(20)15-26(21(29)16-28)22(32)27-24(34)30(23(26)33)11-10-17-6-4-3-5-7-17/h3-9,14,21H,2,10-13,15-16H2,1H3,(H,27,32,34). The number of nitrogens with one attached hydrogen (secondary N) is 1. The molecule has 38 heavy (non-hydrogen) atoms. The molecule has 12 heteroatoms. The van der Waals surface area contributed by atoms with E-state index in [9.17, 15) is 29.3 Å². The van der Waals surface area contributed by atoms with Gasteiger partial charge in [-0.25, -0.2) is 9.59 Å². The van der Waals surface area contributed by atoms with Crippen LogP contribution in [0.4, 0.5) is 21.0 Å². The lowest BCUT2D eigenvalue weighted by atomic mass is 9.67. The normalized spacial score (nSPS) is 22.6. The van der Waals surface area contributed by atoms with Gasteiger partial charge in [0.25, 0.3) is 5.69 Å². The average molecular weight is 522 g/mol. The molecular weight excluding hydrogens is 494 g/mol. The van der Waals surface area contributed by atoms with Crippen molar-refractivity contribution in [1.82, 2.24) is 15.1 Å². The smallest absolute Gasteiger partial charge is 0.409 e. The summed E-state index contributed by atoms with van der Waals surface area (Å²) in [5, 5.41) is 13.9. The maximum absolute atomic E-state index is 14.2. The molecule has 2 unspecified atom stereocenters. The summed E-state index contributed by atoms with van der Waals surface area (Å²) in [6.07, 6.45) is -0.324. The second kappa shape index (κ2) is 9.77. The third-order valence-corrected chi connectivity index (χ3v) is 7.49. The molecule has 0 radical (unpaired) electrons. The second-order valence-corrected chi connectivity index (χ2v) is 9.52. The van der Waals surface area contributed by atoms with Crippen LogP contribution < -0.4 is 10.2 Å². The van der Waals surface area contributed by atoms with E-state index in [4.69, 9.17) is 4.74 Å². The Balaban J connectivity index is 1.56. The van der Waals surface area contributed by atoms with Crippen molar-refractivity contribution < 1.29 is 28.8 Å². The highest BCUT2D eigenvalue weighted by molar-refractivity contribution is 6.20. The number of fused-ring (bicyclic) bond motifs is 4. The molecule has 5 amide bonds. The number of benzene rings is 2. The van der Waals surface area contributed by atoms with Gasteiger partial charge in [-0.2, -0.15) is 0 Å². The monoisotopic (exact) mass is 521 g/mol. The van der Waals surface area contributed by atoms with Gasteiger partial charge in [0, 0.05) is 50.4 Å². The lowest BCUT2D eigenvalue weighted by molar-refractivity contribution is -0.384. The molecule has 198 valence electrons. The molecule has 0 saturated carbocycles. The van der Waals surface area contributed by atoms with E-state index in [1.54, 1.807) is 13.0 Å². The number of amides is 5. The molecule has 3 heterocycles. The first kappa shape index (κ1) is 25.2. The number of urea groups is 1. The van der Waals surface area contributed by atoms with Crippen molar-refractivity contribution in [2.24, 2.45) is 5.41 Å². The van der Waals surface area contributed by atoms with Gasteiger partial charge < -0.3 is 14.5 Å². The highest BCUT2D eigenvalue weighted by Gasteiger charge is 2.63. The highest BCUT2D eigenvalue weighted by Crippen LogP contribution is 2.46. The molecule has 0 aliphatic carbocycles. The topological polar surface area (TPSA) is 142 Å². The van der Waals surface area contributed by atoms with Gasteiger partial charge in [0.15, 0.2) is 5.41 Å². The summed E-state index contributed by atoms with van der Waals surface area (Å²) >= 11 is 0. The number of carbonyl (C=O) groups is 4. The van der Waals surface area contributed by atoms with Crippen molar-refractivity contribution in [3.05, 3.63) is 69.8 Å². The number of hydrogen-bond donors (Lipinski definition) is 1. The number of non-ortho nitro benzene ring substituents is 1. The van der Waals surface area contributed by atoms with Crippen molar-refractivity contribution in [3.8, 4) is 0 Å². The molecule has 3 aliphatic rings. The van der Waals surface area contributed by atoms with E-state index >= 15 is 0 Å². The molecule has 12 nitrogen and oxygen atoms in total. The summed E-state index contributed by atoms with van der Waals surface area (Å²) in [5.74, 6) is -1.46. The van der Waals surface area contributed by atoms with Gasteiger partial charge in [-0.1, -0.05) is 30.3 Å². The van der Waals surface area contributed by atoms with Gasteiger partial charge in [0.1, 0.15) is 0 Å². The fraction of sp³-hybridized carbons (Fsp3) is 0.385. The predicted molar refractivity (Wildman–Crippen MR) is 134 cm³/mol. The minimum absolute atomic E-state index is 0.00906. The maximum Gasteiger partial charge on any atom is 0.409 e. The van der Waals surface area contributed by atoms with Crippen LogP contribution in [0.3, 0.4) is 0 Å². The lowest BCUT2D eigenvalue weighted by Crippen LogP contribution is -2.75. The number of nitro benzene ring substituents is 1. The van der Waals surface area contributed by atoms with Crippen LogP contribution in [0.15, 0.2) is 48.5 Å². The Hall–Kier alpha value is -4.48. The SMILES string of the molecule is CCOC(=O)N1CCN2c3ccc([N+](=O)[O-])cc3CC3(C(=O)NC(=O)N(CCc4ccccc4)C3=O)C2C1. The quantitative estimate of drug-likeness (QED) is 0.358. The minimum Gasteiger partial charge on any atom is -0.450 e. The van der Waals surface area contributed by atoms with Gasteiger partial charge in [-0.3, -0.25) is 29.9 Å². The maximum atomic E-state index is 14.2. The number of nitrogens with zero attached hydrogens (tertiary/aromatic N) is 4. The molecule has 2 saturated heterocycles. The fourth-order valence-corrected chi connectivity index (χ4v) is 5.64. The second-order valence-electron chi connectivity index (χ2n) is 9.52. The molecule has 1 N–H and O–H groups in total. The molecule has 5 rings (SSSR count). The third-order valence-electron chi connectivity index (χ3n) is 7.49. The van der Waals surface area contributed by atoms with E-state index < -0.39 is 40.3 Å². The molecule has 3 aliphatic heterocycles. The van der Waals surface area contributed by atoms with Gasteiger partial charge in [-0.05, 0) is 30.5 Å². The predicted octanol–water partition coefficient (Wildman–Crippen LogP) is 2.11. The first-order valence-corrected chi connectivity index (χ1v) is 12.4. The summed E-state index contributed by atoms with van der Waals surface area (Å²) in [6.45, 7) is 2.45. The molecule has 2 aromatic carbocycles. The molecule has 0 bridgehead atoms. The van der Waals surface area contributed by atoms with Crippen molar-refractivity contribution in [2.75, 3.05) is 37.7 Å². The number of rotatable bonds is 5. The van der Waals surface area contributed by atoms with E-state index in [-0.39, 0.29) is 44.9 Å². The summed E-state index contributed by atoms with van der Waals surface area (Å²) < 4.78 is 5.17. The number of nitro groups is 1. The average Bonchev–Trinajstić information content (AvgIpc) is 2.91. The highest BCUT2D eigenvalue weighted by atomic mass is 16.6. The molecule has 2 fully saturated rings. The zero-order chi connectivity index (χ0) is 27.0. The Morgan fingerprint density at radius 2 is 1.92 bits per heavy atom. The third kappa shape index (κ3) is 4.11. The fourth-order valence-electron chi connectivity index (χ4n) is 5.64. The first-order chi connectivity index (χ1) is 18.3. The Labute approximate surface area is 218 Å². The van der Waals surface area contributed by atoms with Gasteiger partial charge >= 0.3 is 12.1 Å². The van der Waals surface area contributed by atoms with Crippen molar-refractivity contribution in [3.63, 3.8) is 0 Å². The van der Waals surface area contributed by atoms with E-state index in [2.05, 4.69) is 5.32 Å². The van der Waals surface area contributed by atoms with Crippen LogP contribution in [0.25, 0.3) is 0 Å². The Bertz CT molecular complexity index is 1320. The van der Waals surface area contributed by atoms with Crippen LogP contribution in [0.2, 0.25) is 0 Å². The van der Waals surface area contributed by atoms with Gasteiger partial charge in [0.2, 0.25) is 11.8 Å². The van der Waals surface area contributed by atoms with Crippen LogP contribution in [0.1, 0.15) is 18.1 Å². The molecule has 0 aromatic heterocycles. The van der Waals surface area contributed by atoms with Crippen LogP contribution in [-0.4, -0.2) is 77.5 Å². The first-order valence-electron chi connectivity index (χ1n) is 12.4. The molecular formula is C26H27N5O7. The van der Waals surface area contributed by atoms with Gasteiger partial charge in [0.05, 0.1) is 17.6 Å². The van der Waals surface area contributed by atoms with Crippen molar-refractivity contribution in [2.45, 2.75) is 25.8 Å². The zero-order valence-corrected chi connectivity index (χ0v) is 20.8. The summed E-state index contributed by atoms with van der Waals surface area (Å²) in [4.78, 5) is 68.6. The van der Waals surface area contributed by atoms with Crippen LogP contribution in [-0.2, 0) is 27.2 Å². The molecule has 2 atom stereocenters. The molecule has 1 spiro atoms. The van der Waals surface area contributed by atoms with E-state index in [1.807, 2.05) is 35.2 Å². The molecule has 2 aromatic rings. The summed E-state index contributed by atoms with van der Waals surface area (Å²) in [5.41, 5.74) is 0.0847. The van der Waals surface area contributed by atoms with Gasteiger partial charge in [-0.15, -0.1) is 0 Å². The summed E-state index contributed by atoms with van der Waals surface area (Å²) in [7, 11) is 0. The van der Waals surface area contributed by atoms with Crippen LogP contribution in [0, 0.1) is 15.5 Å². The zero-order valence-electron chi connectivity index (χ0n) is 20.8. The van der Waals surface area contributed by atoms with E-state index in [0.717, 1.165) is 10.5 Å². The van der Waals surface area contributed by atoms with Crippen LogP contribution >= 0.6 is 0 Å². The number of barbiturate groups is 1. The van der Waals surface area contributed by atoms with E-state index in [1.165, 1.54) is 17.0 Å². The number of hydrogen-bond acceptors (Lipinski definition) is 8. The lowest BCUT2D eigenvalue weighted by Gasteiger charge is -2.55. The minimum atomic E-state index is -1.78. The van der Waals surface area contributed by atoms with Crippen molar-refractivity contribution >= 4 is 35.3 Å². The Kier molecular flexibility index (Phi) is 6.47.